The van der Waals surface area contributed by atoms with E-state index in [0.717, 1.165) is 60.5 Å². The second kappa shape index (κ2) is 11.9. The van der Waals surface area contributed by atoms with Crippen LogP contribution in [0.1, 0.15) is 5.56 Å². The van der Waals surface area contributed by atoms with E-state index >= 15 is 0 Å². The Kier molecular flexibility index (Phi) is 6.93. The van der Waals surface area contributed by atoms with Gasteiger partial charge in [-0.05, 0) is 97.2 Å². The first kappa shape index (κ1) is 29.7. The molecule has 8 aromatic carbocycles. The van der Waals surface area contributed by atoms with Crippen molar-refractivity contribution in [2.24, 2.45) is 0 Å². The second-order valence-electron chi connectivity index (χ2n) is 12.6. The van der Waals surface area contributed by atoms with Gasteiger partial charge in [0.15, 0.2) is 11.4 Å². The Balaban J connectivity index is 1.33. The standard InChI is InChI=1S/C47H26N4/c1-49-34-23-25-43-40(28-34)39-26-30(29-48)22-24-42(39)51(43)44-21-11-20-41(50-2)47(44)33-15-10-14-32(27-33)46-37-18-8-6-16-35(37)45(31-12-4-3-5-13-31)36-17-7-9-19-38(36)46/h3-28H. The fourth-order valence-corrected chi connectivity index (χ4v) is 7.70. The molecule has 0 fully saturated rings. The molecule has 4 heteroatoms. The summed E-state index contributed by atoms with van der Waals surface area (Å²) >= 11 is 0. The molecule has 0 atom stereocenters. The van der Waals surface area contributed by atoms with E-state index in [4.69, 9.17) is 13.1 Å². The molecule has 4 nitrogen and oxygen atoms in total. The molecule has 9 aromatic rings. The summed E-state index contributed by atoms with van der Waals surface area (Å²) < 4.78 is 2.16. The molecule has 9 rings (SSSR count). The first-order valence-electron chi connectivity index (χ1n) is 16.6. The molecule has 0 saturated carbocycles. The Morgan fingerprint density at radius 1 is 0.451 bits per heavy atom. The van der Waals surface area contributed by atoms with Crippen LogP contribution in [0.3, 0.4) is 0 Å². The van der Waals surface area contributed by atoms with Gasteiger partial charge in [0.05, 0.1) is 35.8 Å². The van der Waals surface area contributed by atoms with E-state index in [1.54, 1.807) is 0 Å². The quantitative estimate of drug-likeness (QED) is 0.138. The molecule has 234 valence electrons. The molecule has 0 aliphatic heterocycles. The predicted molar refractivity (Wildman–Crippen MR) is 209 cm³/mol. The lowest BCUT2D eigenvalue weighted by atomic mass is 9.85. The minimum absolute atomic E-state index is 0.532. The number of hydrogen-bond acceptors (Lipinski definition) is 1. The van der Waals surface area contributed by atoms with Gasteiger partial charge in [0.2, 0.25) is 0 Å². The summed E-state index contributed by atoms with van der Waals surface area (Å²) in [6.45, 7) is 15.9. The number of benzene rings is 8. The molecular formula is C47H26N4. The highest BCUT2D eigenvalue weighted by atomic mass is 15.0. The van der Waals surface area contributed by atoms with Gasteiger partial charge in [-0.2, -0.15) is 5.26 Å². The van der Waals surface area contributed by atoms with Gasteiger partial charge in [-0.25, -0.2) is 9.69 Å². The van der Waals surface area contributed by atoms with Crippen molar-refractivity contribution in [3.8, 4) is 45.1 Å². The predicted octanol–water partition coefficient (Wildman–Crippen LogP) is 13.1. The molecule has 1 aromatic heterocycles. The Morgan fingerprint density at radius 3 is 1.63 bits per heavy atom. The van der Waals surface area contributed by atoms with E-state index in [9.17, 15) is 5.26 Å². The normalized spacial score (nSPS) is 11.1. The van der Waals surface area contributed by atoms with Gasteiger partial charge < -0.3 is 4.57 Å². The molecule has 0 radical (unpaired) electrons. The van der Waals surface area contributed by atoms with Crippen LogP contribution < -0.4 is 0 Å². The van der Waals surface area contributed by atoms with Crippen LogP contribution in [-0.4, -0.2) is 4.57 Å². The van der Waals surface area contributed by atoms with Crippen LogP contribution in [0.4, 0.5) is 11.4 Å². The molecular weight excluding hydrogens is 621 g/mol. The number of nitriles is 1. The second-order valence-corrected chi connectivity index (χ2v) is 12.6. The van der Waals surface area contributed by atoms with Crippen LogP contribution in [0.5, 0.6) is 0 Å². The van der Waals surface area contributed by atoms with Crippen LogP contribution in [0, 0.1) is 24.5 Å². The summed E-state index contributed by atoms with van der Waals surface area (Å²) in [6.07, 6.45) is 0. The Bertz CT molecular complexity index is 2870. The van der Waals surface area contributed by atoms with Crippen molar-refractivity contribution in [3.63, 3.8) is 0 Å². The minimum Gasteiger partial charge on any atom is -0.310 e. The van der Waals surface area contributed by atoms with Gasteiger partial charge in [0.1, 0.15) is 0 Å². The molecule has 0 unspecified atom stereocenters. The Morgan fingerprint density at radius 2 is 1.00 bits per heavy atom. The smallest absolute Gasteiger partial charge is 0.196 e. The van der Waals surface area contributed by atoms with Gasteiger partial charge in [0, 0.05) is 16.6 Å². The summed E-state index contributed by atoms with van der Waals surface area (Å²) in [6, 6.07) is 55.8. The van der Waals surface area contributed by atoms with Crippen LogP contribution in [0.25, 0.3) is 92.1 Å². The van der Waals surface area contributed by atoms with E-state index in [1.807, 2.05) is 48.5 Å². The number of hydrogen-bond donors (Lipinski definition) is 0. The van der Waals surface area contributed by atoms with Crippen molar-refractivity contribution in [1.82, 2.24) is 4.57 Å². The zero-order valence-corrected chi connectivity index (χ0v) is 27.3. The van der Waals surface area contributed by atoms with Crippen molar-refractivity contribution >= 4 is 54.7 Å². The number of fused-ring (bicyclic) bond motifs is 5. The number of nitrogens with zero attached hydrogens (tertiary/aromatic N) is 4. The third kappa shape index (κ3) is 4.66. The molecule has 0 aliphatic carbocycles. The largest absolute Gasteiger partial charge is 0.310 e. The fourth-order valence-electron chi connectivity index (χ4n) is 7.70. The Hall–Kier alpha value is -7.45. The van der Waals surface area contributed by atoms with Crippen molar-refractivity contribution in [3.05, 3.63) is 186 Å². The van der Waals surface area contributed by atoms with E-state index in [-0.39, 0.29) is 0 Å². The highest BCUT2D eigenvalue weighted by Crippen LogP contribution is 2.46. The average Bonchev–Trinajstić information content (AvgIpc) is 3.52. The lowest BCUT2D eigenvalue weighted by Crippen LogP contribution is -1.98. The summed E-state index contributed by atoms with van der Waals surface area (Å²) in [5, 5.41) is 16.2. The highest BCUT2D eigenvalue weighted by molar-refractivity contribution is 6.21. The summed E-state index contributed by atoms with van der Waals surface area (Å²) in [4.78, 5) is 7.72. The number of aromatic nitrogens is 1. The van der Waals surface area contributed by atoms with Crippen LogP contribution in [0.15, 0.2) is 158 Å². The van der Waals surface area contributed by atoms with Crippen LogP contribution >= 0.6 is 0 Å². The third-order valence-corrected chi connectivity index (χ3v) is 9.82. The average molecular weight is 647 g/mol. The maximum Gasteiger partial charge on any atom is 0.196 e. The van der Waals surface area contributed by atoms with E-state index in [2.05, 4.69) is 130 Å². The van der Waals surface area contributed by atoms with Gasteiger partial charge in [-0.1, -0.05) is 115 Å². The first-order chi connectivity index (χ1) is 25.2. The first-order valence-corrected chi connectivity index (χ1v) is 16.6. The summed E-state index contributed by atoms with van der Waals surface area (Å²) in [5.74, 6) is 0. The monoisotopic (exact) mass is 646 g/mol. The van der Waals surface area contributed by atoms with E-state index in [0.29, 0.717) is 16.9 Å². The third-order valence-electron chi connectivity index (χ3n) is 9.82. The molecule has 0 N–H and O–H groups in total. The van der Waals surface area contributed by atoms with Crippen molar-refractivity contribution in [2.75, 3.05) is 0 Å². The van der Waals surface area contributed by atoms with Gasteiger partial charge in [-0.15, -0.1) is 0 Å². The molecule has 0 amide bonds. The maximum absolute atomic E-state index is 9.74. The van der Waals surface area contributed by atoms with Gasteiger partial charge in [0.25, 0.3) is 0 Å². The lowest BCUT2D eigenvalue weighted by molar-refractivity contribution is 1.18. The number of rotatable bonds is 4. The zero-order valence-electron chi connectivity index (χ0n) is 27.3. The molecule has 0 bridgehead atoms. The van der Waals surface area contributed by atoms with Gasteiger partial charge >= 0.3 is 0 Å². The lowest BCUT2D eigenvalue weighted by Gasteiger charge is -2.19. The Labute approximate surface area is 294 Å². The highest BCUT2D eigenvalue weighted by Gasteiger charge is 2.21. The molecule has 0 saturated heterocycles. The minimum atomic E-state index is 0.532. The van der Waals surface area contributed by atoms with E-state index < -0.39 is 0 Å². The fraction of sp³-hybridized carbons (Fsp3) is 0. The topological polar surface area (TPSA) is 37.4 Å². The molecule has 51 heavy (non-hydrogen) atoms. The SMILES string of the molecule is [C-]#[N+]c1ccc2c(c1)c1cc(C#N)ccc1n2-c1cccc([N+]#[C-])c1-c1cccc(-c2c3ccccc3c(-c3ccccc3)c3ccccc23)c1. The molecule has 0 aliphatic rings. The maximum atomic E-state index is 9.74. The summed E-state index contributed by atoms with van der Waals surface area (Å²) in [5.41, 5.74) is 10.6. The molecule has 0 spiro atoms. The van der Waals surface area contributed by atoms with Crippen LogP contribution in [-0.2, 0) is 0 Å². The van der Waals surface area contributed by atoms with Crippen molar-refractivity contribution < 1.29 is 0 Å². The van der Waals surface area contributed by atoms with Crippen molar-refractivity contribution in [2.45, 2.75) is 0 Å². The van der Waals surface area contributed by atoms with Crippen molar-refractivity contribution in [1.29, 1.82) is 5.26 Å². The summed E-state index contributed by atoms with van der Waals surface area (Å²) in [7, 11) is 0. The molecule has 1 heterocycles. The van der Waals surface area contributed by atoms with E-state index in [1.165, 1.54) is 21.9 Å². The zero-order chi connectivity index (χ0) is 34.5. The van der Waals surface area contributed by atoms with Gasteiger partial charge in [-0.3, -0.25) is 0 Å². The van der Waals surface area contributed by atoms with Crippen LogP contribution in [0.2, 0.25) is 0 Å².